The highest BCUT2D eigenvalue weighted by Crippen LogP contribution is 2.34. The van der Waals surface area contributed by atoms with Crippen LogP contribution in [0.25, 0.3) is 0 Å². The van der Waals surface area contributed by atoms with E-state index in [9.17, 15) is 4.79 Å². The van der Waals surface area contributed by atoms with Crippen LogP contribution in [0, 0.1) is 0 Å². The second-order valence-corrected chi connectivity index (χ2v) is 6.19. The van der Waals surface area contributed by atoms with Crippen molar-refractivity contribution in [3.63, 3.8) is 0 Å². The topological polar surface area (TPSA) is 80.9 Å². The van der Waals surface area contributed by atoms with E-state index in [4.69, 9.17) is 14.2 Å². The first-order valence-electron chi connectivity index (χ1n) is 8.67. The predicted molar refractivity (Wildman–Crippen MR) is 96.2 cm³/mol. The molecule has 0 radical (unpaired) electrons. The van der Waals surface area contributed by atoms with Gasteiger partial charge in [-0.05, 0) is 43.2 Å². The number of rotatable bonds is 5. The van der Waals surface area contributed by atoms with E-state index in [1.54, 1.807) is 18.2 Å². The molecule has 0 spiro atoms. The van der Waals surface area contributed by atoms with Crippen molar-refractivity contribution in [3.05, 3.63) is 48.0 Å². The molecule has 1 saturated heterocycles. The van der Waals surface area contributed by atoms with Gasteiger partial charge in [-0.1, -0.05) is 12.1 Å². The van der Waals surface area contributed by atoms with E-state index in [0.717, 1.165) is 11.3 Å². The molecular weight excluding hydrogens is 334 g/mol. The summed E-state index contributed by atoms with van der Waals surface area (Å²) in [6, 6.07) is 13.0. The van der Waals surface area contributed by atoms with Crippen LogP contribution in [-0.2, 0) is 4.79 Å². The fourth-order valence-corrected chi connectivity index (χ4v) is 3.11. The SMILES string of the molecule is CCOc1ccc(C2CC(C(=O)Nc3ccc4c(c3)OCO4)NN2)cc1. The lowest BCUT2D eigenvalue weighted by molar-refractivity contribution is -0.117. The summed E-state index contributed by atoms with van der Waals surface area (Å²) in [7, 11) is 0. The van der Waals surface area contributed by atoms with Gasteiger partial charge in [-0.15, -0.1) is 0 Å². The zero-order valence-corrected chi connectivity index (χ0v) is 14.5. The summed E-state index contributed by atoms with van der Waals surface area (Å²) in [5.41, 5.74) is 8.05. The van der Waals surface area contributed by atoms with Gasteiger partial charge in [0.1, 0.15) is 11.8 Å². The monoisotopic (exact) mass is 355 g/mol. The lowest BCUT2D eigenvalue weighted by Gasteiger charge is -2.11. The maximum absolute atomic E-state index is 12.5. The van der Waals surface area contributed by atoms with E-state index < -0.39 is 0 Å². The normalized spacial score (nSPS) is 20.8. The summed E-state index contributed by atoms with van der Waals surface area (Å²) in [6.45, 7) is 2.81. The Bertz CT molecular complexity index is 794. The average Bonchev–Trinajstić information content (AvgIpc) is 3.32. The second-order valence-electron chi connectivity index (χ2n) is 6.19. The third kappa shape index (κ3) is 3.44. The standard InChI is InChI=1S/C19H21N3O4/c1-2-24-14-6-3-12(4-7-14)15-10-16(22-21-15)19(23)20-13-5-8-17-18(9-13)26-11-25-17/h3-9,15-16,21-22H,2,10-11H2,1H3,(H,20,23). The van der Waals surface area contributed by atoms with Gasteiger partial charge in [0.2, 0.25) is 12.7 Å². The fourth-order valence-electron chi connectivity index (χ4n) is 3.11. The zero-order valence-electron chi connectivity index (χ0n) is 14.5. The Morgan fingerprint density at radius 1 is 1.15 bits per heavy atom. The fraction of sp³-hybridized carbons (Fsp3) is 0.316. The molecule has 2 aliphatic rings. The van der Waals surface area contributed by atoms with Gasteiger partial charge < -0.3 is 19.5 Å². The molecule has 0 aliphatic carbocycles. The molecule has 4 rings (SSSR count). The summed E-state index contributed by atoms with van der Waals surface area (Å²) in [6.07, 6.45) is 0.657. The zero-order chi connectivity index (χ0) is 17.9. The van der Waals surface area contributed by atoms with Crippen LogP contribution >= 0.6 is 0 Å². The number of hydrogen-bond acceptors (Lipinski definition) is 6. The molecular formula is C19H21N3O4. The van der Waals surface area contributed by atoms with Crippen molar-refractivity contribution in [2.45, 2.75) is 25.4 Å². The largest absolute Gasteiger partial charge is 0.494 e. The van der Waals surface area contributed by atoms with Gasteiger partial charge in [0.25, 0.3) is 0 Å². The molecule has 1 fully saturated rings. The van der Waals surface area contributed by atoms with Gasteiger partial charge in [0.15, 0.2) is 11.5 Å². The summed E-state index contributed by atoms with van der Waals surface area (Å²) in [5.74, 6) is 2.09. The number of carbonyl (C=O) groups is 1. The Morgan fingerprint density at radius 2 is 1.96 bits per heavy atom. The van der Waals surface area contributed by atoms with Gasteiger partial charge in [0.05, 0.1) is 6.61 Å². The lowest BCUT2D eigenvalue weighted by Crippen LogP contribution is -2.39. The van der Waals surface area contributed by atoms with Crippen LogP contribution in [-0.4, -0.2) is 25.3 Å². The molecule has 7 heteroatoms. The van der Waals surface area contributed by atoms with E-state index in [0.29, 0.717) is 30.2 Å². The molecule has 2 aromatic rings. The quantitative estimate of drug-likeness (QED) is 0.764. The predicted octanol–water partition coefficient (Wildman–Crippen LogP) is 2.36. The maximum Gasteiger partial charge on any atom is 0.242 e. The first kappa shape index (κ1) is 16.7. The Hall–Kier alpha value is -2.77. The average molecular weight is 355 g/mol. The minimum atomic E-state index is -0.322. The number of hydrazine groups is 1. The van der Waals surface area contributed by atoms with Crippen molar-refractivity contribution in [2.24, 2.45) is 0 Å². The molecule has 2 aromatic carbocycles. The van der Waals surface area contributed by atoms with Gasteiger partial charge in [-0.2, -0.15) is 0 Å². The van der Waals surface area contributed by atoms with Crippen LogP contribution in [0.15, 0.2) is 42.5 Å². The molecule has 136 valence electrons. The molecule has 0 saturated carbocycles. The molecule has 0 bridgehead atoms. The van der Waals surface area contributed by atoms with Crippen molar-refractivity contribution in [1.29, 1.82) is 0 Å². The summed E-state index contributed by atoms with van der Waals surface area (Å²) in [4.78, 5) is 12.5. The molecule has 7 nitrogen and oxygen atoms in total. The number of anilines is 1. The molecule has 2 atom stereocenters. The van der Waals surface area contributed by atoms with Crippen LogP contribution in [0.5, 0.6) is 17.2 Å². The van der Waals surface area contributed by atoms with Crippen LogP contribution in [0.4, 0.5) is 5.69 Å². The molecule has 3 N–H and O–H groups in total. The van der Waals surface area contributed by atoms with Crippen LogP contribution in [0.2, 0.25) is 0 Å². The van der Waals surface area contributed by atoms with E-state index >= 15 is 0 Å². The van der Waals surface area contributed by atoms with E-state index in [2.05, 4.69) is 16.2 Å². The van der Waals surface area contributed by atoms with Gasteiger partial charge in [-0.3, -0.25) is 4.79 Å². The van der Waals surface area contributed by atoms with Gasteiger partial charge >= 0.3 is 0 Å². The van der Waals surface area contributed by atoms with Crippen molar-refractivity contribution in [2.75, 3.05) is 18.7 Å². The molecule has 2 unspecified atom stereocenters. The van der Waals surface area contributed by atoms with Crippen LogP contribution in [0.3, 0.4) is 0 Å². The Morgan fingerprint density at radius 3 is 2.77 bits per heavy atom. The van der Waals surface area contributed by atoms with Crippen molar-refractivity contribution < 1.29 is 19.0 Å². The summed E-state index contributed by atoms with van der Waals surface area (Å²) in [5, 5.41) is 2.91. The third-order valence-electron chi connectivity index (χ3n) is 4.45. The van der Waals surface area contributed by atoms with Crippen molar-refractivity contribution in [3.8, 4) is 17.2 Å². The van der Waals surface area contributed by atoms with Crippen LogP contribution in [0.1, 0.15) is 24.9 Å². The Balaban J connectivity index is 1.36. The van der Waals surface area contributed by atoms with Crippen molar-refractivity contribution in [1.82, 2.24) is 10.9 Å². The van der Waals surface area contributed by atoms with E-state index in [-0.39, 0.29) is 24.8 Å². The first-order valence-corrected chi connectivity index (χ1v) is 8.67. The minimum Gasteiger partial charge on any atom is -0.494 e. The van der Waals surface area contributed by atoms with E-state index in [1.165, 1.54) is 0 Å². The second kappa shape index (κ2) is 7.23. The lowest BCUT2D eigenvalue weighted by atomic mass is 10.0. The molecule has 0 aromatic heterocycles. The minimum absolute atomic E-state index is 0.0678. The number of nitrogens with one attached hydrogen (secondary N) is 3. The Kier molecular flexibility index (Phi) is 4.64. The molecule has 2 aliphatic heterocycles. The number of carbonyl (C=O) groups excluding carboxylic acids is 1. The van der Waals surface area contributed by atoms with Gasteiger partial charge in [0, 0.05) is 17.8 Å². The highest BCUT2D eigenvalue weighted by Gasteiger charge is 2.30. The summed E-state index contributed by atoms with van der Waals surface area (Å²) < 4.78 is 16.1. The van der Waals surface area contributed by atoms with E-state index in [1.807, 2.05) is 31.2 Å². The number of benzene rings is 2. The third-order valence-corrected chi connectivity index (χ3v) is 4.45. The molecule has 26 heavy (non-hydrogen) atoms. The maximum atomic E-state index is 12.5. The summed E-state index contributed by atoms with van der Waals surface area (Å²) >= 11 is 0. The van der Waals surface area contributed by atoms with Gasteiger partial charge in [-0.25, -0.2) is 10.9 Å². The molecule has 1 amide bonds. The Labute approximate surface area is 151 Å². The highest BCUT2D eigenvalue weighted by molar-refractivity contribution is 5.95. The molecule has 2 heterocycles. The van der Waals surface area contributed by atoms with Crippen molar-refractivity contribution >= 4 is 11.6 Å². The van der Waals surface area contributed by atoms with Crippen LogP contribution < -0.4 is 30.4 Å². The number of fused-ring (bicyclic) bond motifs is 1. The number of hydrogen-bond donors (Lipinski definition) is 3. The first-order chi connectivity index (χ1) is 12.7. The number of ether oxygens (including phenoxy) is 3. The highest BCUT2D eigenvalue weighted by atomic mass is 16.7. The smallest absolute Gasteiger partial charge is 0.242 e. The number of amides is 1.